The van der Waals surface area contributed by atoms with Crippen LogP contribution in [0.3, 0.4) is 0 Å². The number of hydrogen-bond donors (Lipinski definition) is 7. The van der Waals surface area contributed by atoms with Crippen LogP contribution in [-0.4, -0.2) is 76.3 Å². The van der Waals surface area contributed by atoms with Crippen molar-refractivity contribution >= 4 is 59.6 Å². The predicted octanol–water partition coefficient (Wildman–Crippen LogP) is 1.46. The van der Waals surface area contributed by atoms with Crippen molar-refractivity contribution in [2.24, 2.45) is 0 Å². The van der Waals surface area contributed by atoms with E-state index in [2.05, 4.69) is 34.5 Å². The van der Waals surface area contributed by atoms with Crippen molar-refractivity contribution in [3.05, 3.63) is 45.4 Å². The van der Waals surface area contributed by atoms with Gasteiger partial charge in [-0.3, -0.25) is 4.52 Å². The zero-order valence-electron chi connectivity index (χ0n) is 16.9. The Labute approximate surface area is 206 Å². The Kier molecular flexibility index (Phi) is 9.06. The molecule has 17 heteroatoms. The smallest absolute Gasteiger partial charge is 0.387 e. The number of nitrogens with one attached hydrogen (secondary N) is 2. The summed E-state index contributed by atoms with van der Waals surface area (Å²) in [5.41, 5.74) is 2.17. The quantitative estimate of drug-likeness (QED) is 0.170. The van der Waals surface area contributed by atoms with Crippen LogP contribution in [0.15, 0.2) is 24.8 Å². The van der Waals surface area contributed by atoms with Gasteiger partial charge in [0.1, 0.15) is 30.2 Å². The fourth-order valence-corrected chi connectivity index (χ4v) is 3.79. The molecule has 0 amide bonds. The first-order chi connectivity index (χ1) is 16.0. The fraction of sp³-hybridized carbons (Fsp3) is 0.353. The Morgan fingerprint density at radius 2 is 1.76 bits per heavy atom. The Balaban J connectivity index is 0.000000204. The van der Waals surface area contributed by atoms with Crippen molar-refractivity contribution in [1.82, 2.24) is 19.9 Å². The highest BCUT2D eigenvalue weighted by Crippen LogP contribution is 2.37. The molecule has 34 heavy (non-hydrogen) atoms. The third kappa shape index (κ3) is 6.97. The molecule has 1 unspecified atom stereocenters. The zero-order valence-corrected chi connectivity index (χ0v) is 20.1. The van der Waals surface area contributed by atoms with Crippen LogP contribution >= 0.6 is 42.6 Å². The van der Waals surface area contributed by atoms with E-state index in [9.17, 15) is 4.57 Å². The molecule has 1 saturated heterocycles. The summed E-state index contributed by atoms with van der Waals surface area (Å²) in [5, 5.41) is 31.6. The molecule has 0 bridgehead atoms. The van der Waals surface area contributed by atoms with Gasteiger partial charge in [-0.1, -0.05) is 34.8 Å². The normalized spacial score (nSPS) is 22.5. The van der Waals surface area contributed by atoms with Gasteiger partial charge in [0.2, 0.25) is 0 Å². The number of nitrogens with zero attached hydrogens (tertiary/aromatic N) is 3. The predicted molar refractivity (Wildman–Crippen MR) is 121 cm³/mol. The van der Waals surface area contributed by atoms with Crippen LogP contribution in [0.1, 0.15) is 5.56 Å². The highest BCUT2D eigenvalue weighted by Gasteiger charge is 2.42. The molecule has 1 fully saturated rings. The Hall–Kier alpha value is -1.61. The van der Waals surface area contributed by atoms with E-state index in [1.165, 1.54) is 6.33 Å². The summed E-state index contributed by atoms with van der Waals surface area (Å²) in [7, 11) is -4.64. The van der Waals surface area contributed by atoms with E-state index in [1.807, 2.05) is 0 Å². The SMILES string of the molecule is Clc1cc(Cl)c(CNc2ncnc3nc[nH]c23)cc1Cl.O=P(O)(O)OC[C@H]1OC(O)[C@H](O)[C@@H]1O. The van der Waals surface area contributed by atoms with Gasteiger partial charge in [0.15, 0.2) is 17.8 Å². The number of phosphoric acid groups is 1. The van der Waals surface area contributed by atoms with E-state index in [4.69, 9.17) is 59.9 Å². The number of halogens is 3. The molecular formula is C17H19Cl3N5O8P. The molecule has 1 aliphatic rings. The summed E-state index contributed by atoms with van der Waals surface area (Å²) >= 11 is 18.0. The first kappa shape index (κ1) is 27.0. The average molecular weight is 559 g/mol. The third-order valence-electron chi connectivity index (χ3n) is 4.50. The van der Waals surface area contributed by atoms with Crippen LogP contribution in [0, 0.1) is 0 Å². The molecule has 0 aliphatic carbocycles. The molecule has 13 nitrogen and oxygen atoms in total. The van der Waals surface area contributed by atoms with Crippen molar-refractivity contribution in [1.29, 1.82) is 0 Å². The molecule has 4 rings (SSSR count). The second-order valence-electron chi connectivity index (χ2n) is 6.87. The molecule has 7 N–H and O–H groups in total. The number of aromatic amines is 1. The second kappa shape index (κ2) is 11.4. The number of benzene rings is 1. The van der Waals surface area contributed by atoms with E-state index < -0.39 is 39.0 Å². The lowest BCUT2D eigenvalue weighted by Crippen LogP contribution is -2.34. The molecule has 3 aromatic rings. The summed E-state index contributed by atoms with van der Waals surface area (Å²) in [6.45, 7) is -0.152. The van der Waals surface area contributed by atoms with Gasteiger partial charge in [0, 0.05) is 11.6 Å². The van der Waals surface area contributed by atoms with Crippen molar-refractivity contribution in [3.63, 3.8) is 0 Å². The summed E-state index contributed by atoms with van der Waals surface area (Å²) in [4.78, 5) is 31.9. The van der Waals surface area contributed by atoms with Crippen molar-refractivity contribution in [2.45, 2.75) is 31.1 Å². The summed E-state index contributed by atoms with van der Waals surface area (Å²) in [5.74, 6) is 0.648. The number of fused-ring (bicyclic) bond motifs is 1. The van der Waals surface area contributed by atoms with E-state index in [0.29, 0.717) is 33.1 Å². The van der Waals surface area contributed by atoms with E-state index in [1.54, 1.807) is 18.5 Å². The molecule has 186 valence electrons. The standard InChI is InChI=1S/C12H8Cl3N5.C5H11O8P/c13-7-2-9(15)8(14)1-6(7)3-16-11-10-12(18-4-17-10)20-5-19-11;6-3-2(1-12-14(9,10)11)13-5(8)4(3)7/h1-2,4-5H,3H2,(H2,16,17,18,19,20);2-8H,1H2,(H2,9,10,11)/t;2-,3-,4-,5?/m.1/s1. The number of hydrogen-bond acceptors (Lipinski definition) is 10. The summed E-state index contributed by atoms with van der Waals surface area (Å²) in [6, 6.07) is 3.35. The minimum Gasteiger partial charge on any atom is -0.387 e. The van der Waals surface area contributed by atoms with Crippen LogP contribution < -0.4 is 5.32 Å². The van der Waals surface area contributed by atoms with Crippen LogP contribution in [0.25, 0.3) is 11.2 Å². The van der Waals surface area contributed by atoms with Gasteiger partial charge in [0.25, 0.3) is 0 Å². The highest BCUT2D eigenvalue weighted by atomic mass is 35.5. The Morgan fingerprint density at radius 1 is 1.06 bits per heavy atom. The largest absolute Gasteiger partial charge is 0.469 e. The van der Waals surface area contributed by atoms with Crippen LogP contribution in [-0.2, 0) is 20.4 Å². The van der Waals surface area contributed by atoms with E-state index in [0.717, 1.165) is 11.1 Å². The Morgan fingerprint density at radius 3 is 2.41 bits per heavy atom. The fourth-order valence-electron chi connectivity index (χ4n) is 2.81. The molecule has 2 aromatic heterocycles. The van der Waals surface area contributed by atoms with Gasteiger partial charge >= 0.3 is 7.82 Å². The number of ether oxygens (including phenoxy) is 1. The molecule has 0 saturated carbocycles. The van der Waals surface area contributed by atoms with Gasteiger partial charge in [0.05, 0.1) is 23.0 Å². The number of phosphoric ester groups is 1. The second-order valence-corrected chi connectivity index (χ2v) is 9.33. The molecule has 4 atom stereocenters. The number of anilines is 1. The highest BCUT2D eigenvalue weighted by molar-refractivity contribution is 7.46. The topological polar surface area (TPSA) is 203 Å². The van der Waals surface area contributed by atoms with Crippen LogP contribution in [0.4, 0.5) is 5.82 Å². The maximum atomic E-state index is 10.3. The zero-order chi connectivity index (χ0) is 25.0. The van der Waals surface area contributed by atoms with E-state index >= 15 is 0 Å². The number of imidazole rings is 1. The third-order valence-corrected chi connectivity index (χ3v) is 6.06. The molecule has 0 radical (unpaired) electrons. The molecule has 0 spiro atoms. The summed E-state index contributed by atoms with van der Waals surface area (Å²) in [6.07, 6.45) is -2.65. The number of rotatable bonds is 6. The van der Waals surface area contributed by atoms with Crippen LogP contribution in [0.5, 0.6) is 0 Å². The van der Waals surface area contributed by atoms with Gasteiger partial charge in [-0.2, -0.15) is 0 Å². The minimum atomic E-state index is -4.64. The maximum Gasteiger partial charge on any atom is 0.469 e. The monoisotopic (exact) mass is 557 g/mol. The van der Waals surface area contributed by atoms with Crippen molar-refractivity contribution < 1.29 is 38.9 Å². The maximum absolute atomic E-state index is 10.3. The van der Waals surface area contributed by atoms with Crippen LogP contribution in [0.2, 0.25) is 15.1 Å². The average Bonchev–Trinajstić information content (AvgIpc) is 3.35. The van der Waals surface area contributed by atoms with Gasteiger partial charge < -0.3 is 40.1 Å². The summed E-state index contributed by atoms with van der Waals surface area (Å²) < 4.78 is 18.9. The lowest BCUT2D eigenvalue weighted by Gasteiger charge is -2.14. The van der Waals surface area contributed by atoms with Gasteiger partial charge in [-0.05, 0) is 17.7 Å². The first-order valence-corrected chi connectivity index (χ1v) is 12.0. The lowest BCUT2D eigenvalue weighted by atomic mass is 10.1. The van der Waals surface area contributed by atoms with Gasteiger partial charge in [-0.15, -0.1) is 0 Å². The molecule has 1 aromatic carbocycles. The Bertz CT molecular complexity index is 1180. The lowest BCUT2D eigenvalue weighted by molar-refractivity contribution is -0.132. The number of H-pyrrole nitrogens is 1. The molecular weight excluding hydrogens is 540 g/mol. The number of aliphatic hydroxyl groups is 3. The van der Waals surface area contributed by atoms with E-state index in [-0.39, 0.29) is 0 Å². The minimum absolute atomic E-state index is 0.429. The van der Waals surface area contributed by atoms with Crippen molar-refractivity contribution in [2.75, 3.05) is 11.9 Å². The molecule has 1 aliphatic heterocycles. The first-order valence-electron chi connectivity index (χ1n) is 9.37. The van der Waals surface area contributed by atoms with Gasteiger partial charge in [-0.25, -0.2) is 19.5 Å². The number of aromatic nitrogens is 4. The van der Waals surface area contributed by atoms with Crippen molar-refractivity contribution in [3.8, 4) is 0 Å². The number of aliphatic hydroxyl groups excluding tert-OH is 3. The molecule has 3 heterocycles.